The average Bonchev–Trinajstić information content (AvgIpc) is 2.67. The normalized spacial score (nSPS) is 17.1. The van der Waals surface area contributed by atoms with Crippen molar-refractivity contribution < 1.29 is 29.6 Å². The van der Waals surface area contributed by atoms with E-state index in [2.05, 4.69) is 0 Å². The van der Waals surface area contributed by atoms with Crippen LogP contribution in [0.15, 0.2) is 24.3 Å². The van der Waals surface area contributed by atoms with Gasteiger partial charge >= 0.3 is 5.97 Å². The van der Waals surface area contributed by atoms with Crippen LogP contribution < -0.4 is 9.47 Å². The van der Waals surface area contributed by atoms with E-state index < -0.39 is 5.97 Å². The second-order valence-electron chi connectivity index (χ2n) is 6.98. The van der Waals surface area contributed by atoms with Crippen molar-refractivity contribution in [1.82, 2.24) is 4.90 Å². The Balaban J connectivity index is 1.91. The van der Waals surface area contributed by atoms with Crippen LogP contribution in [0.5, 0.6) is 23.0 Å². The number of fused-ring (bicyclic) bond motifs is 4. The van der Waals surface area contributed by atoms with Gasteiger partial charge in [-0.1, -0.05) is 6.07 Å². The number of rotatable bonds is 4. The lowest BCUT2D eigenvalue weighted by Gasteiger charge is -2.43. The minimum absolute atomic E-state index is 0.0416. The highest BCUT2D eigenvalue weighted by Crippen LogP contribution is 2.46. The Morgan fingerprint density at radius 3 is 2.61 bits per heavy atom. The third-order valence-corrected chi connectivity index (χ3v) is 5.40. The highest BCUT2D eigenvalue weighted by Gasteiger charge is 2.35. The van der Waals surface area contributed by atoms with Crippen molar-refractivity contribution in [3.63, 3.8) is 0 Å². The number of ether oxygens (including phenoxy) is 2. The summed E-state index contributed by atoms with van der Waals surface area (Å²) in [6.45, 7) is 0.459. The first-order valence-electron chi connectivity index (χ1n) is 8.92. The largest absolute Gasteiger partial charge is 0.504 e. The second kappa shape index (κ2) is 6.67. The molecule has 28 heavy (non-hydrogen) atoms. The van der Waals surface area contributed by atoms with Gasteiger partial charge in [0, 0.05) is 29.4 Å². The average molecular weight is 383 g/mol. The summed E-state index contributed by atoms with van der Waals surface area (Å²) in [4.78, 5) is 13.5. The molecule has 2 heterocycles. The maximum Gasteiger partial charge on any atom is 0.305 e. The van der Waals surface area contributed by atoms with Crippen LogP contribution in [0.25, 0.3) is 11.8 Å². The number of benzene rings is 2. The summed E-state index contributed by atoms with van der Waals surface area (Å²) in [7, 11) is 3.16. The minimum atomic E-state index is -0.890. The van der Waals surface area contributed by atoms with E-state index in [0.717, 1.165) is 28.0 Å². The number of carbonyl (C=O) groups is 1. The van der Waals surface area contributed by atoms with E-state index in [1.807, 2.05) is 23.1 Å². The van der Waals surface area contributed by atoms with Crippen LogP contribution in [0.1, 0.15) is 28.7 Å². The molecule has 2 aromatic carbocycles. The molecule has 2 aliphatic heterocycles. The van der Waals surface area contributed by atoms with Gasteiger partial charge in [0.1, 0.15) is 0 Å². The van der Waals surface area contributed by atoms with E-state index in [9.17, 15) is 20.1 Å². The van der Waals surface area contributed by atoms with Crippen LogP contribution in [-0.4, -0.2) is 46.5 Å². The first-order valence-corrected chi connectivity index (χ1v) is 8.92. The van der Waals surface area contributed by atoms with Gasteiger partial charge in [-0.15, -0.1) is 0 Å². The molecule has 0 fully saturated rings. The Hall–Kier alpha value is -3.35. The Morgan fingerprint density at radius 2 is 1.93 bits per heavy atom. The maximum atomic E-state index is 11.5. The molecule has 2 aromatic rings. The quantitative estimate of drug-likeness (QED) is 0.698. The Morgan fingerprint density at radius 1 is 1.18 bits per heavy atom. The van der Waals surface area contributed by atoms with Crippen molar-refractivity contribution in [3.05, 3.63) is 46.5 Å². The first kappa shape index (κ1) is 18.0. The summed E-state index contributed by atoms with van der Waals surface area (Å²) < 4.78 is 11.0. The zero-order valence-corrected chi connectivity index (χ0v) is 15.6. The highest BCUT2D eigenvalue weighted by molar-refractivity contribution is 5.87. The van der Waals surface area contributed by atoms with Gasteiger partial charge in [0.05, 0.1) is 20.6 Å². The third-order valence-electron chi connectivity index (χ3n) is 5.40. The lowest BCUT2D eigenvalue weighted by atomic mass is 9.85. The van der Waals surface area contributed by atoms with Crippen molar-refractivity contribution in [2.24, 2.45) is 0 Å². The van der Waals surface area contributed by atoms with Gasteiger partial charge in [-0.2, -0.15) is 0 Å². The minimum Gasteiger partial charge on any atom is -0.504 e. The molecule has 0 spiro atoms. The van der Waals surface area contributed by atoms with E-state index in [1.54, 1.807) is 14.2 Å². The number of aromatic hydroxyl groups is 2. The fourth-order valence-electron chi connectivity index (χ4n) is 4.12. The third kappa shape index (κ3) is 2.79. The standard InChI is InChI=1S/C21H21NO6/c1-27-19-4-3-11-6-16-14-9-18(24)17(23)7-12(14)5-13(8-20(25)26)22(16)10-15(11)21(19)28-2/h3-4,6-7,9,13,23-24H,5,8,10H2,1-2H3,(H,25,26). The number of hydrogen-bond acceptors (Lipinski definition) is 6. The topological polar surface area (TPSA) is 99.5 Å². The summed E-state index contributed by atoms with van der Waals surface area (Å²) in [5.74, 6) is -0.0466. The molecule has 0 saturated carbocycles. The number of hydrogen-bond donors (Lipinski definition) is 3. The molecule has 0 radical (unpaired) electrons. The molecule has 1 atom stereocenters. The summed E-state index contributed by atoms with van der Waals surface area (Å²) in [5, 5.41) is 29.3. The maximum absolute atomic E-state index is 11.5. The lowest BCUT2D eigenvalue weighted by molar-refractivity contribution is -0.138. The smallest absolute Gasteiger partial charge is 0.305 e. The van der Waals surface area contributed by atoms with E-state index >= 15 is 0 Å². The fraction of sp³-hybridized carbons (Fsp3) is 0.286. The van der Waals surface area contributed by atoms with Crippen molar-refractivity contribution in [2.45, 2.75) is 25.4 Å². The number of carboxylic acid groups (broad SMARTS) is 1. The molecule has 3 N–H and O–H groups in total. The number of methoxy groups -OCH3 is 2. The number of nitrogens with zero attached hydrogens (tertiary/aromatic N) is 1. The molecule has 2 aliphatic rings. The lowest BCUT2D eigenvalue weighted by Crippen LogP contribution is -2.41. The SMILES string of the molecule is COc1ccc2c(c1OC)CN1C(=C2)c2cc(O)c(O)cc2CC1CC(=O)O. The number of phenolic OH excluding ortho intramolecular Hbond substituents is 2. The first-order chi connectivity index (χ1) is 13.4. The molecule has 4 rings (SSSR count). The Bertz CT molecular complexity index is 997. The van der Waals surface area contributed by atoms with Crippen molar-refractivity contribution in [1.29, 1.82) is 0 Å². The molecule has 7 heteroatoms. The molecule has 1 unspecified atom stereocenters. The van der Waals surface area contributed by atoms with Gasteiger partial charge in [-0.25, -0.2) is 0 Å². The van der Waals surface area contributed by atoms with Crippen LogP contribution in [-0.2, 0) is 17.8 Å². The molecule has 0 saturated heterocycles. The van der Waals surface area contributed by atoms with Crippen LogP contribution in [0.3, 0.4) is 0 Å². The predicted molar refractivity (Wildman–Crippen MR) is 102 cm³/mol. The van der Waals surface area contributed by atoms with Gasteiger partial charge < -0.3 is 29.7 Å². The number of aliphatic carboxylic acids is 1. The van der Waals surface area contributed by atoms with E-state index in [4.69, 9.17) is 9.47 Å². The van der Waals surface area contributed by atoms with Gasteiger partial charge in [0.25, 0.3) is 0 Å². The van der Waals surface area contributed by atoms with Gasteiger partial charge in [0.2, 0.25) is 0 Å². The van der Waals surface area contributed by atoms with Gasteiger partial charge in [0.15, 0.2) is 23.0 Å². The zero-order valence-electron chi connectivity index (χ0n) is 15.6. The van der Waals surface area contributed by atoms with Crippen molar-refractivity contribution in [2.75, 3.05) is 14.2 Å². The van der Waals surface area contributed by atoms with Gasteiger partial charge in [-0.05, 0) is 41.8 Å². The van der Waals surface area contributed by atoms with Crippen LogP contribution >= 0.6 is 0 Å². The summed E-state index contributed by atoms with van der Waals surface area (Å²) in [6, 6.07) is 6.52. The molecule has 7 nitrogen and oxygen atoms in total. The zero-order chi connectivity index (χ0) is 20.0. The predicted octanol–water partition coefficient (Wildman–Crippen LogP) is 2.83. The molecule has 0 bridgehead atoms. The second-order valence-corrected chi connectivity index (χ2v) is 6.98. The molecule has 0 amide bonds. The monoisotopic (exact) mass is 383 g/mol. The van der Waals surface area contributed by atoms with Crippen LogP contribution in [0.2, 0.25) is 0 Å². The number of carboxylic acids is 1. The molecular weight excluding hydrogens is 362 g/mol. The molecule has 0 aromatic heterocycles. The van der Waals surface area contributed by atoms with Crippen LogP contribution in [0.4, 0.5) is 0 Å². The fourth-order valence-corrected chi connectivity index (χ4v) is 4.12. The molecular formula is C21H21NO6. The summed E-state index contributed by atoms with van der Waals surface area (Å²) in [6.07, 6.45) is 2.37. The number of phenols is 2. The molecule has 146 valence electrons. The van der Waals surface area contributed by atoms with E-state index in [0.29, 0.717) is 24.5 Å². The van der Waals surface area contributed by atoms with E-state index in [1.165, 1.54) is 12.1 Å². The Labute approximate surface area is 162 Å². The van der Waals surface area contributed by atoms with Crippen LogP contribution in [0, 0.1) is 0 Å². The highest BCUT2D eigenvalue weighted by atomic mass is 16.5. The van der Waals surface area contributed by atoms with Crippen molar-refractivity contribution in [3.8, 4) is 23.0 Å². The van der Waals surface area contributed by atoms with Crippen molar-refractivity contribution >= 4 is 17.7 Å². The summed E-state index contributed by atoms with van der Waals surface area (Å²) in [5.41, 5.74) is 4.29. The molecule has 0 aliphatic carbocycles. The van der Waals surface area contributed by atoms with E-state index in [-0.39, 0.29) is 24.0 Å². The van der Waals surface area contributed by atoms with Gasteiger partial charge in [-0.3, -0.25) is 4.79 Å². The Kier molecular flexibility index (Phi) is 4.30. The summed E-state index contributed by atoms with van der Waals surface area (Å²) >= 11 is 0.